The van der Waals surface area contributed by atoms with Crippen molar-refractivity contribution in [2.24, 2.45) is 12.0 Å². The highest BCUT2D eigenvalue weighted by molar-refractivity contribution is 14.0. The number of hydrogen-bond acceptors (Lipinski definition) is 1. The maximum atomic E-state index is 4.64. The van der Waals surface area contributed by atoms with Gasteiger partial charge in [0.05, 0.1) is 6.54 Å². The molecule has 5 heteroatoms. The maximum absolute atomic E-state index is 4.64. The van der Waals surface area contributed by atoms with E-state index in [1.54, 1.807) is 0 Å². The summed E-state index contributed by atoms with van der Waals surface area (Å²) in [6.07, 6.45) is 6.24. The highest BCUT2D eigenvalue weighted by Crippen LogP contribution is 2.05. The van der Waals surface area contributed by atoms with Crippen LogP contribution in [0.25, 0.3) is 0 Å². The second-order valence-electron chi connectivity index (χ2n) is 5.73. The number of nitrogens with zero attached hydrogens (tertiary/aromatic N) is 2. The number of halogens is 1. The fourth-order valence-corrected chi connectivity index (χ4v) is 2.43. The van der Waals surface area contributed by atoms with Crippen LogP contribution in [-0.2, 0) is 26.4 Å². The van der Waals surface area contributed by atoms with Gasteiger partial charge in [0.1, 0.15) is 0 Å². The molecule has 1 heterocycles. The van der Waals surface area contributed by atoms with E-state index in [-0.39, 0.29) is 24.0 Å². The van der Waals surface area contributed by atoms with Gasteiger partial charge in [0.25, 0.3) is 0 Å². The summed E-state index contributed by atoms with van der Waals surface area (Å²) in [7, 11) is 2.03. The number of benzene rings is 1. The van der Waals surface area contributed by atoms with Crippen LogP contribution in [-0.4, -0.2) is 23.6 Å². The largest absolute Gasteiger partial charge is 0.357 e. The smallest absolute Gasteiger partial charge is 0.191 e. The van der Waals surface area contributed by atoms with Gasteiger partial charge in [0.15, 0.2) is 5.96 Å². The van der Waals surface area contributed by atoms with E-state index in [0.29, 0.717) is 6.54 Å². The SMILES string of the molecule is CCNC(=NCc1ccn(C)c1)NCCc1ccc(CC)cc1.I. The van der Waals surface area contributed by atoms with Gasteiger partial charge in [-0.1, -0.05) is 31.2 Å². The summed E-state index contributed by atoms with van der Waals surface area (Å²) in [6, 6.07) is 11.0. The van der Waals surface area contributed by atoms with E-state index in [2.05, 4.69) is 66.0 Å². The van der Waals surface area contributed by atoms with Gasteiger partial charge in [-0.05, 0) is 42.5 Å². The van der Waals surface area contributed by atoms with Gasteiger partial charge in [0, 0.05) is 32.5 Å². The van der Waals surface area contributed by atoms with E-state index in [0.717, 1.165) is 31.9 Å². The lowest BCUT2D eigenvalue weighted by atomic mass is 10.1. The summed E-state index contributed by atoms with van der Waals surface area (Å²) < 4.78 is 2.05. The highest BCUT2D eigenvalue weighted by Gasteiger charge is 1.99. The van der Waals surface area contributed by atoms with Crippen LogP contribution < -0.4 is 10.6 Å². The molecule has 0 radical (unpaired) electrons. The van der Waals surface area contributed by atoms with Gasteiger partial charge in [-0.2, -0.15) is 0 Å². The molecule has 2 rings (SSSR count). The molecule has 0 atom stereocenters. The zero-order valence-electron chi connectivity index (χ0n) is 14.9. The summed E-state index contributed by atoms with van der Waals surface area (Å²) in [5.41, 5.74) is 3.97. The molecule has 0 fully saturated rings. The third-order valence-corrected chi connectivity index (χ3v) is 3.79. The number of aromatic nitrogens is 1. The average Bonchev–Trinajstić information content (AvgIpc) is 2.99. The first-order valence-electron chi connectivity index (χ1n) is 8.42. The topological polar surface area (TPSA) is 41.4 Å². The van der Waals surface area contributed by atoms with Crippen molar-refractivity contribution in [3.8, 4) is 0 Å². The van der Waals surface area contributed by atoms with Crippen LogP contribution in [0.15, 0.2) is 47.7 Å². The third-order valence-electron chi connectivity index (χ3n) is 3.79. The Morgan fingerprint density at radius 1 is 1.00 bits per heavy atom. The van der Waals surface area contributed by atoms with Crippen LogP contribution in [0, 0.1) is 0 Å². The van der Waals surface area contributed by atoms with Crippen LogP contribution in [0.5, 0.6) is 0 Å². The van der Waals surface area contributed by atoms with Crippen molar-refractivity contribution in [1.82, 2.24) is 15.2 Å². The Bertz CT molecular complexity index is 617. The summed E-state index contributed by atoms with van der Waals surface area (Å²) in [5.74, 6) is 0.876. The van der Waals surface area contributed by atoms with E-state index in [1.165, 1.54) is 16.7 Å². The molecule has 2 N–H and O–H groups in total. The molecule has 0 spiro atoms. The Kier molecular flexibility index (Phi) is 9.52. The molecule has 0 aliphatic carbocycles. The molecule has 0 saturated carbocycles. The zero-order valence-corrected chi connectivity index (χ0v) is 17.2. The van der Waals surface area contributed by atoms with Crippen molar-refractivity contribution in [2.45, 2.75) is 33.2 Å². The molecule has 0 amide bonds. The molecule has 0 unspecified atom stereocenters. The van der Waals surface area contributed by atoms with Gasteiger partial charge < -0.3 is 15.2 Å². The lowest BCUT2D eigenvalue weighted by molar-refractivity contribution is 0.799. The minimum atomic E-state index is 0. The predicted molar refractivity (Wildman–Crippen MR) is 113 cm³/mol. The molecule has 1 aromatic carbocycles. The molecule has 24 heavy (non-hydrogen) atoms. The highest BCUT2D eigenvalue weighted by atomic mass is 127. The molecular weight excluding hydrogens is 411 g/mol. The van der Waals surface area contributed by atoms with Gasteiger partial charge in [-0.15, -0.1) is 24.0 Å². The molecule has 0 saturated heterocycles. The second-order valence-corrected chi connectivity index (χ2v) is 5.73. The standard InChI is InChI=1S/C19H28N4.HI/c1-4-16-6-8-17(9-7-16)10-12-21-19(20-5-2)22-14-18-11-13-23(3)15-18;/h6-9,11,13,15H,4-5,10,12,14H2,1-3H3,(H2,20,21,22);1H. The number of nitrogens with one attached hydrogen (secondary N) is 2. The third kappa shape index (κ3) is 6.95. The van der Waals surface area contributed by atoms with Crippen LogP contribution in [0.3, 0.4) is 0 Å². The first-order chi connectivity index (χ1) is 11.2. The first kappa shape index (κ1) is 20.5. The van der Waals surface area contributed by atoms with Gasteiger partial charge in [0.2, 0.25) is 0 Å². The normalized spacial score (nSPS) is 11.0. The van der Waals surface area contributed by atoms with Crippen LogP contribution in [0.4, 0.5) is 0 Å². The number of hydrogen-bond donors (Lipinski definition) is 2. The average molecular weight is 440 g/mol. The molecule has 0 bridgehead atoms. The summed E-state index contributed by atoms with van der Waals surface area (Å²) in [6.45, 7) is 6.71. The number of aliphatic imine (C=N–C) groups is 1. The van der Waals surface area contributed by atoms with Crippen LogP contribution in [0.2, 0.25) is 0 Å². The monoisotopic (exact) mass is 440 g/mol. The van der Waals surface area contributed by atoms with Gasteiger partial charge in [-0.25, -0.2) is 4.99 Å². The quantitative estimate of drug-likeness (QED) is 0.393. The van der Waals surface area contributed by atoms with Crippen molar-refractivity contribution in [2.75, 3.05) is 13.1 Å². The molecule has 1 aromatic heterocycles. The van der Waals surface area contributed by atoms with Gasteiger partial charge >= 0.3 is 0 Å². The summed E-state index contributed by atoms with van der Waals surface area (Å²) >= 11 is 0. The Morgan fingerprint density at radius 2 is 1.71 bits per heavy atom. The molecule has 0 aliphatic heterocycles. The predicted octanol–water partition coefficient (Wildman–Crippen LogP) is 3.50. The van der Waals surface area contributed by atoms with Gasteiger partial charge in [-0.3, -0.25) is 0 Å². The molecule has 0 aliphatic rings. The van der Waals surface area contributed by atoms with Crippen LogP contribution >= 0.6 is 24.0 Å². The number of aryl methyl sites for hydroxylation is 2. The Labute approximate surface area is 162 Å². The number of rotatable bonds is 7. The lowest BCUT2D eigenvalue weighted by Crippen LogP contribution is -2.38. The first-order valence-corrected chi connectivity index (χ1v) is 8.42. The molecule has 132 valence electrons. The van der Waals surface area contributed by atoms with E-state index in [9.17, 15) is 0 Å². The number of guanidine groups is 1. The van der Waals surface area contributed by atoms with E-state index >= 15 is 0 Å². The van der Waals surface area contributed by atoms with Crippen molar-refractivity contribution >= 4 is 29.9 Å². The van der Waals surface area contributed by atoms with Crippen molar-refractivity contribution < 1.29 is 0 Å². The fraction of sp³-hybridized carbons (Fsp3) is 0.421. The lowest BCUT2D eigenvalue weighted by Gasteiger charge is -2.11. The van der Waals surface area contributed by atoms with Crippen molar-refractivity contribution in [3.05, 3.63) is 59.4 Å². The molecular formula is C19H29IN4. The Morgan fingerprint density at radius 3 is 2.29 bits per heavy atom. The molecule has 2 aromatic rings. The second kappa shape index (κ2) is 11.1. The zero-order chi connectivity index (χ0) is 16.5. The molecule has 4 nitrogen and oxygen atoms in total. The Balaban J connectivity index is 0.00000288. The van der Waals surface area contributed by atoms with E-state index in [4.69, 9.17) is 0 Å². The minimum absolute atomic E-state index is 0. The maximum Gasteiger partial charge on any atom is 0.191 e. The van der Waals surface area contributed by atoms with Crippen molar-refractivity contribution in [1.29, 1.82) is 0 Å². The summed E-state index contributed by atoms with van der Waals surface area (Å²) in [5, 5.41) is 6.70. The fourth-order valence-electron chi connectivity index (χ4n) is 2.43. The Hall–Kier alpha value is -1.50. The van der Waals surface area contributed by atoms with E-state index < -0.39 is 0 Å². The summed E-state index contributed by atoms with van der Waals surface area (Å²) in [4.78, 5) is 4.64. The van der Waals surface area contributed by atoms with Crippen LogP contribution in [0.1, 0.15) is 30.5 Å². The van der Waals surface area contributed by atoms with Crippen molar-refractivity contribution in [3.63, 3.8) is 0 Å². The van der Waals surface area contributed by atoms with E-state index in [1.807, 2.05) is 17.8 Å². The minimum Gasteiger partial charge on any atom is -0.357 e.